The number of fused-ring (bicyclic) bond motifs is 1. The molecule has 2 N–H and O–H groups in total. The van der Waals surface area contributed by atoms with E-state index in [-0.39, 0.29) is 36.4 Å². The van der Waals surface area contributed by atoms with E-state index in [1.807, 2.05) is 20.8 Å². The third-order valence-electron chi connectivity index (χ3n) is 4.34. The molecule has 0 atom stereocenters. The summed E-state index contributed by atoms with van der Waals surface area (Å²) in [4.78, 5) is 50.1. The van der Waals surface area contributed by atoms with Crippen molar-refractivity contribution in [1.82, 2.24) is 15.5 Å². The van der Waals surface area contributed by atoms with Crippen molar-refractivity contribution in [2.24, 2.45) is 5.41 Å². The lowest BCUT2D eigenvalue weighted by atomic mass is 9.96. The van der Waals surface area contributed by atoms with E-state index >= 15 is 0 Å². The Morgan fingerprint density at radius 3 is 2.32 bits per heavy atom. The van der Waals surface area contributed by atoms with Gasteiger partial charge >= 0.3 is 0 Å². The van der Waals surface area contributed by atoms with Gasteiger partial charge in [0.05, 0.1) is 11.1 Å². The van der Waals surface area contributed by atoms with Crippen LogP contribution in [0.2, 0.25) is 0 Å². The second-order valence-electron chi connectivity index (χ2n) is 7.63. The minimum absolute atomic E-state index is 0.100. The number of benzene rings is 1. The lowest BCUT2D eigenvalue weighted by molar-refractivity contribution is -0.128. The van der Waals surface area contributed by atoms with Crippen LogP contribution in [0.3, 0.4) is 0 Å². The van der Waals surface area contributed by atoms with Gasteiger partial charge in [0.25, 0.3) is 17.7 Å². The van der Waals surface area contributed by atoms with Crippen LogP contribution in [0.25, 0.3) is 0 Å². The van der Waals surface area contributed by atoms with Crippen LogP contribution in [-0.2, 0) is 9.53 Å². The number of hydrogen-bond acceptors (Lipinski definition) is 5. The summed E-state index contributed by atoms with van der Waals surface area (Å²) in [7, 11) is 1.56. The number of nitrogens with zero attached hydrogens (tertiary/aromatic N) is 1. The smallest absolute Gasteiger partial charge is 0.261 e. The van der Waals surface area contributed by atoms with E-state index in [1.165, 1.54) is 23.1 Å². The number of hydrogen-bond donors (Lipinski definition) is 2. The van der Waals surface area contributed by atoms with Crippen molar-refractivity contribution in [3.8, 4) is 0 Å². The maximum Gasteiger partial charge on any atom is 0.261 e. The highest BCUT2D eigenvalue weighted by molar-refractivity contribution is 6.22. The Labute approximate surface area is 164 Å². The molecule has 0 saturated heterocycles. The first kappa shape index (κ1) is 21.6. The lowest BCUT2D eigenvalue weighted by Crippen LogP contribution is -2.39. The summed E-state index contributed by atoms with van der Waals surface area (Å²) in [6.45, 7) is 6.71. The molecular weight excluding hydrogens is 362 g/mol. The second kappa shape index (κ2) is 8.97. The SMILES string of the molecule is COCCCN1C(=O)c2ccc(C(=O)NCCNC(=O)C(C)(C)C)cc2C1=O. The third kappa shape index (κ3) is 4.95. The maximum absolute atomic E-state index is 12.5. The van der Waals surface area contributed by atoms with Gasteiger partial charge in [-0.1, -0.05) is 20.8 Å². The maximum atomic E-state index is 12.5. The largest absolute Gasteiger partial charge is 0.385 e. The molecule has 0 saturated carbocycles. The summed E-state index contributed by atoms with van der Waals surface area (Å²) < 4.78 is 4.95. The van der Waals surface area contributed by atoms with Gasteiger partial charge in [0, 0.05) is 44.3 Å². The van der Waals surface area contributed by atoms with Crippen LogP contribution in [0.5, 0.6) is 0 Å². The third-order valence-corrected chi connectivity index (χ3v) is 4.34. The first-order chi connectivity index (χ1) is 13.2. The quantitative estimate of drug-likeness (QED) is 0.514. The fraction of sp³-hybridized carbons (Fsp3) is 0.500. The molecule has 1 heterocycles. The zero-order chi connectivity index (χ0) is 20.9. The highest BCUT2D eigenvalue weighted by Crippen LogP contribution is 2.24. The molecule has 0 bridgehead atoms. The zero-order valence-corrected chi connectivity index (χ0v) is 16.8. The van der Waals surface area contributed by atoms with Gasteiger partial charge in [0.2, 0.25) is 5.91 Å². The number of carbonyl (C=O) groups is 4. The molecule has 0 radical (unpaired) electrons. The Bertz CT molecular complexity index is 783. The number of carbonyl (C=O) groups excluding carboxylic acids is 4. The van der Waals surface area contributed by atoms with Crippen molar-refractivity contribution in [2.45, 2.75) is 27.2 Å². The van der Waals surface area contributed by atoms with Gasteiger partial charge in [-0.05, 0) is 24.6 Å². The second-order valence-corrected chi connectivity index (χ2v) is 7.63. The van der Waals surface area contributed by atoms with Crippen molar-refractivity contribution < 1.29 is 23.9 Å². The summed E-state index contributed by atoms with van der Waals surface area (Å²) in [5, 5.41) is 5.44. The molecule has 8 heteroatoms. The van der Waals surface area contributed by atoms with Crippen LogP contribution < -0.4 is 10.6 Å². The molecule has 28 heavy (non-hydrogen) atoms. The minimum Gasteiger partial charge on any atom is -0.385 e. The molecule has 0 spiro atoms. The fourth-order valence-corrected chi connectivity index (χ4v) is 2.72. The number of amides is 4. The Balaban J connectivity index is 1.95. The summed E-state index contributed by atoms with van der Waals surface area (Å²) in [5.41, 5.74) is 0.333. The summed E-state index contributed by atoms with van der Waals surface area (Å²) in [6.07, 6.45) is 0.551. The molecular formula is C20H27N3O5. The van der Waals surface area contributed by atoms with Gasteiger partial charge in [0.15, 0.2) is 0 Å². The molecule has 0 aromatic heterocycles. The Morgan fingerprint density at radius 2 is 1.68 bits per heavy atom. The molecule has 2 rings (SSSR count). The first-order valence-corrected chi connectivity index (χ1v) is 9.22. The van der Waals surface area contributed by atoms with Gasteiger partial charge in [-0.2, -0.15) is 0 Å². The van der Waals surface area contributed by atoms with Crippen molar-refractivity contribution in [2.75, 3.05) is 33.4 Å². The van der Waals surface area contributed by atoms with Crippen molar-refractivity contribution in [3.63, 3.8) is 0 Å². The highest BCUT2D eigenvalue weighted by Gasteiger charge is 2.35. The van der Waals surface area contributed by atoms with E-state index in [0.717, 1.165) is 0 Å². The van der Waals surface area contributed by atoms with Crippen LogP contribution in [0.15, 0.2) is 18.2 Å². The lowest BCUT2D eigenvalue weighted by Gasteiger charge is -2.17. The topological polar surface area (TPSA) is 105 Å². The average molecular weight is 389 g/mol. The number of rotatable bonds is 8. The summed E-state index contributed by atoms with van der Waals surface area (Å²) in [5.74, 6) is -1.22. The predicted octanol–water partition coefficient (Wildman–Crippen LogP) is 1.21. The van der Waals surface area contributed by atoms with Crippen LogP contribution in [0, 0.1) is 5.41 Å². The van der Waals surface area contributed by atoms with Gasteiger partial charge in [0.1, 0.15) is 0 Å². The van der Waals surface area contributed by atoms with E-state index in [9.17, 15) is 19.2 Å². The highest BCUT2D eigenvalue weighted by atomic mass is 16.5. The zero-order valence-electron chi connectivity index (χ0n) is 16.8. The van der Waals surface area contributed by atoms with E-state index in [1.54, 1.807) is 7.11 Å². The normalized spacial score (nSPS) is 13.5. The molecule has 1 aliphatic rings. The van der Waals surface area contributed by atoms with Crippen LogP contribution in [0.1, 0.15) is 58.3 Å². The minimum atomic E-state index is -0.494. The fourth-order valence-electron chi connectivity index (χ4n) is 2.72. The molecule has 1 aliphatic heterocycles. The molecule has 0 unspecified atom stereocenters. The monoisotopic (exact) mass is 389 g/mol. The average Bonchev–Trinajstić information content (AvgIpc) is 2.88. The number of nitrogens with one attached hydrogen (secondary N) is 2. The van der Waals surface area contributed by atoms with Crippen molar-refractivity contribution in [3.05, 3.63) is 34.9 Å². The number of ether oxygens (including phenoxy) is 1. The van der Waals surface area contributed by atoms with Gasteiger partial charge < -0.3 is 15.4 Å². The van der Waals surface area contributed by atoms with E-state index in [0.29, 0.717) is 30.7 Å². The summed E-state index contributed by atoms with van der Waals surface area (Å²) in [6, 6.07) is 4.46. The van der Waals surface area contributed by atoms with Gasteiger partial charge in [-0.25, -0.2) is 0 Å². The summed E-state index contributed by atoms with van der Waals surface area (Å²) >= 11 is 0. The molecule has 8 nitrogen and oxygen atoms in total. The van der Waals surface area contributed by atoms with E-state index < -0.39 is 11.3 Å². The molecule has 0 aliphatic carbocycles. The molecule has 4 amide bonds. The van der Waals surface area contributed by atoms with Crippen molar-refractivity contribution in [1.29, 1.82) is 0 Å². The molecule has 0 fully saturated rings. The van der Waals surface area contributed by atoms with Crippen molar-refractivity contribution >= 4 is 23.6 Å². The molecule has 1 aromatic carbocycles. The standard InChI is InChI=1S/C20H27N3O5/c1-20(2,3)19(27)22-9-8-21-16(24)13-6-7-14-15(12-13)18(26)23(17(14)25)10-5-11-28-4/h6-7,12H,5,8-11H2,1-4H3,(H,21,24)(H,22,27). The Kier molecular flexibility index (Phi) is 6.90. The van der Waals surface area contributed by atoms with Crippen LogP contribution >= 0.6 is 0 Å². The van der Waals surface area contributed by atoms with Crippen LogP contribution in [0.4, 0.5) is 0 Å². The Morgan fingerprint density at radius 1 is 1.04 bits per heavy atom. The van der Waals surface area contributed by atoms with Crippen LogP contribution in [-0.4, -0.2) is 61.9 Å². The molecule has 1 aromatic rings. The van der Waals surface area contributed by atoms with E-state index in [2.05, 4.69) is 10.6 Å². The molecule has 152 valence electrons. The van der Waals surface area contributed by atoms with Gasteiger partial charge in [-0.15, -0.1) is 0 Å². The van der Waals surface area contributed by atoms with E-state index in [4.69, 9.17) is 4.74 Å². The predicted molar refractivity (Wildman–Crippen MR) is 103 cm³/mol. The first-order valence-electron chi connectivity index (χ1n) is 9.22. The number of methoxy groups -OCH3 is 1. The Hall–Kier alpha value is -2.74. The van der Waals surface area contributed by atoms with Gasteiger partial charge in [-0.3, -0.25) is 24.1 Å². The number of imide groups is 1.